The zero-order chi connectivity index (χ0) is 23.7. The van der Waals surface area contributed by atoms with E-state index in [1.807, 2.05) is 61.5 Å². The van der Waals surface area contributed by atoms with Crippen molar-refractivity contribution in [3.63, 3.8) is 0 Å². The van der Waals surface area contributed by atoms with Crippen LogP contribution in [0.2, 0.25) is 0 Å². The molecule has 3 aromatic carbocycles. The largest absolute Gasteiger partial charge is 0.489 e. The number of rotatable bonds is 5. The number of Topliss-reactive ketones (excluding diaryl/α,β-unsaturated/α-hetero) is 1. The highest BCUT2D eigenvalue weighted by Gasteiger charge is 2.39. The van der Waals surface area contributed by atoms with Gasteiger partial charge in [0.1, 0.15) is 12.4 Å². The number of amides is 1. The predicted molar refractivity (Wildman–Crippen MR) is 134 cm³/mol. The van der Waals surface area contributed by atoms with Gasteiger partial charge in [-0.05, 0) is 67.6 Å². The number of anilines is 1. The van der Waals surface area contributed by atoms with Crippen LogP contribution in [0.25, 0.3) is 0 Å². The summed E-state index contributed by atoms with van der Waals surface area (Å²) in [5, 5.41) is 0. The van der Waals surface area contributed by atoms with Crippen LogP contribution in [0.3, 0.4) is 0 Å². The molecule has 0 radical (unpaired) electrons. The molecule has 0 fully saturated rings. The summed E-state index contributed by atoms with van der Waals surface area (Å²) in [5.41, 5.74) is 6.95. The summed E-state index contributed by atoms with van der Waals surface area (Å²) in [6, 6.07) is 24.1. The van der Waals surface area contributed by atoms with Gasteiger partial charge in [-0.3, -0.25) is 14.5 Å². The first-order chi connectivity index (χ1) is 16.5. The molecule has 1 heterocycles. The van der Waals surface area contributed by atoms with Crippen LogP contribution in [-0.4, -0.2) is 11.7 Å². The molecule has 1 unspecified atom stereocenters. The molecule has 2 aliphatic rings. The molecule has 0 spiro atoms. The van der Waals surface area contributed by atoms with Crippen LogP contribution in [0, 0.1) is 13.8 Å². The number of hydrogen-bond donors (Lipinski definition) is 0. The van der Waals surface area contributed by atoms with Crippen molar-refractivity contribution < 1.29 is 14.3 Å². The molecule has 1 amide bonds. The van der Waals surface area contributed by atoms with Crippen molar-refractivity contribution in [1.29, 1.82) is 0 Å². The van der Waals surface area contributed by atoms with Gasteiger partial charge >= 0.3 is 0 Å². The average Bonchev–Trinajstić information content (AvgIpc) is 2.83. The van der Waals surface area contributed by atoms with E-state index in [-0.39, 0.29) is 17.6 Å². The smallest absolute Gasteiger partial charge is 0.232 e. The Kier molecular flexibility index (Phi) is 6.06. The Labute approximate surface area is 200 Å². The fourth-order valence-corrected chi connectivity index (χ4v) is 5.11. The Morgan fingerprint density at radius 3 is 2.35 bits per heavy atom. The van der Waals surface area contributed by atoms with E-state index in [0.29, 0.717) is 19.4 Å². The quantitative estimate of drug-likeness (QED) is 0.450. The van der Waals surface area contributed by atoms with Crippen LogP contribution in [0.5, 0.6) is 5.75 Å². The summed E-state index contributed by atoms with van der Waals surface area (Å²) in [6.45, 7) is 4.59. The van der Waals surface area contributed by atoms with Crippen molar-refractivity contribution in [2.75, 3.05) is 4.90 Å². The molecule has 172 valence electrons. The van der Waals surface area contributed by atoms with E-state index in [1.54, 1.807) is 4.90 Å². The first-order valence-electron chi connectivity index (χ1n) is 11.9. The summed E-state index contributed by atoms with van der Waals surface area (Å²) in [7, 11) is 0. The number of hydrogen-bond acceptors (Lipinski definition) is 3. The van der Waals surface area contributed by atoms with Gasteiger partial charge in [-0.25, -0.2) is 0 Å². The lowest BCUT2D eigenvalue weighted by Crippen LogP contribution is -2.40. The second-order valence-corrected chi connectivity index (χ2v) is 9.31. The van der Waals surface area contributed by atoms with Crippen molar-refractivity contribution in [3.8, 4) is 5.75 Å². The predicted octanol–water partition coefficient (Wildman–Crippen LogP) is 6.41. The Morgan fingerprint density at radius 1 is 0.882 bits per heavy atom. The first-order valence-corrected chi connectivity index (χ1v) is 11.9. The van der Waals surface area contributed by atoms with Gasteiger partial charge in [0.25, 0.3) is 0 Å². The highest BCUT2D eigenvalue weighted by Crippen LogP contribution is 2.43. The minimum Gasteiger partial charge on any atom is -0.489 e. The van der Waals surface area contributed by atoms with Gasteiger partial charge in [-0.15, -0.1) is 0 Å². The van der Waals surface area contributed by atoms with Crippen molar-refractivity contribution in [2.24, 2.45) is 0 Å². The van der Waals surface area contributed by atoms with E-state index >= 15 is 0 Å². The number of allylic oxidation sites excluding steroid dienone is 2. The molecule has 5 rings (SSSR count). The van der Waals surface area contributed by atoms with Gasteiger partial charge in [0.15, 0.2) is 5.78 Å². The zero-order valence-corrected chi connectivity index (χ0v) is 19.7. The molecule has 3 aromatic rings. The molecule has 0 aromatic heterocycles. The minimum atomic E-state index is -0.206. The Morgan fingerprint density at radius 2 is 1.62 bits per heavy atom. The van der Waals surface area contributed by atoms with E-state index in [9.17, 15) is 9.59 Å². The molecule has 1 aliphatic carbocycles. The highest BCUT2D eigenvalue weighted by atomic mass is 16.5. The fraction of sp³-hybridized carbons (Fsp3) is 0.267. The molecule has 0 saturated carbocycles. The molecule has 4 heteroatoms. The zero-order valence-electron chi connectivity index (χ0n) is 19.7. The lowest BCUT2D eigenvalue weighted by atomic mass is 9.77. The second-order valence-electron chi connectivity index (χ2n) is 9.31. The third kappa shape index (κ3) is 4.41. The number of carbonyl (C=O) groups excluding carboxylic acids is 2. The van der Waals surface area contributed by atoms with E-state index < -0.39 is 0 Å². The highest BCUT2D eigenvalue weighted by molar-refractivity contribution is 6.07. The third-order valence-electron chi connectivity index (χ3n) is 6.71. The van der Waals surface area contributed by atoms with Crippen molar-refractivity contribution in [3.05, 3.63) is 106 Å². The van der Waals surface area contributed by atoms with Gasteiger partial charge in [0.05, 0.1) is 0 Å². The molecule has 1 aliphatic heterocycles. The maximum Gasteiger partial charge on any atom is 0.232 e. The van der Waals surface area contributed by atoms with Gasteiger partial charge in [0, 0.05) is 35.7 Å². The summed E-state index contributed by atoms with van der Waals surface area (Å²) in [6.07, 6.45) is 2.37. The van der Waals surface area contributed by atoms with Crippen LogP contribution in [0.4, 0.5) is 5.69 Å². The van der Waals surface area contributed by atoms with E-state index in [1.165, 1.54) is 5.56 Å². The Balaban J connectivity index is 1.42. The second kappa shape index (κ2) is 9.30. The summed E-state index contributed by atoms with van der Waals surface area (Å²) in [4.78, 5) is 28.2. The molecule has 4 nitrogen and oxygen atoms in total. The molecular formula is C30H29NO3. The molecule has 0 bridgehead atoms. The lowest BCUT2D eigenvalue weighted by molar-refractivity contribution is -0.119. The Hall–Kier alpha value is -3.66. The first kappa shape index (κ1) is 22.1. The monoisotopic (exact) mass is 451 g/mol. The van der Waals surface area contributed by atoms with E-state index in [2.05, 4.69) is 25.1 Å². The molecule has 0 saturated heterocycles. The van der Waals surface area contributed by atoms with E-state index in [4.69, 9.17) is 4.74 Å². The number of ketones is 1. The minimum absolute atomic E-state index is 0.0452. The summed E-state index contributed by atoms with van der Waals surface area (Å²) in [5.74, 6) is 0.778. The summed E-state index contributed by atoms with van der Waals surface area (Å²) >= 11 is 0. The van der Waals surface area contributed by atoms with Crippen LogP contribution < -0.4 is 9.64 Å². The molecule has 1 atom stereocenters. The van der Waals surface area contributed by atoms with Gasteiger partial charge in [0.2, 0.25) is 5.91 Å². The van der Waals surface area contributed by atoms with Crippen LogP contribution in [0.15, 0.2) is 84.1 Å². The van der Waals surface area contributed by atoms with Crippen LogP contribution >= 0.6 is 0 Å². The third-order valence-corrected chi connectivity index (χ3v) is 6.71. The van der Waals surface area contributed by atoms with E-state index in [0.717, 1.165) is 52.2 Å². The normalized spacial score (nSPS) is 18.2. The fourth-order valence-electron chi connectivity index (χ4n) is 5.11. The number of aryl methyl sites for hydroxylation is 2. The van der Waals surface area contributed by atoms with Crippen LogP contribution in [0.1, 0.15) is 53.9 Å². The summed E-state index contributed by atoms with van der Waals surface area (Å²) < 4.78 is 5.97. The number of benzene rings is 3. The number of nitrogens with zero attached hydrogens (tertiary/aromatic N) is 1. The van der Waals surface area contributed by atoms with Gasteiger partial charge in [-0.2, -0.15) is 0 Å². The SMILES string of the molecule is Cc1cccc(COc2ccc(C3CC(=O)N(c4cccc(C)c4)C4=C3C(=O)CCC4)cc2)c1. The van der Waals surface area contributed by atoms with Crippen molar-refractivity contribution in [1.82, 2.24) is 0 Å². The van der Waals surface area contributed by atoms with Crippen molar-refractivity contribution in [2.45, 2.75) is 52.1 Å². The standard InChI is InChI=1S/C30H29NO3/c1-20-6-3-8-22(16-20)19-34-25-14-12-23(13-15-25)26-18-29(33)31(24-9-4-7-21(2)17-24)27-10-5-11-28(32)30(26)27/h3-4,6-9,12-17,26H,5,10-11,18-19H2,1-2H3. The van der Waals surface area contributed by atoms with Crippen LogP contribution in [-0.2, 0) is 16.2 Å². The van der Waals surface area contributed by atoms with Gasteiger partial charge < -0.3 is 4.74 Å². The number of ether oxygens (including phenoxy) is 1. The topological polar surface area (TPSA) is 46.6 Å². The number of carbonyl (C=O) groups is 2. The molecular weight excluding hydrogens is 422 g/mol. The maximum absolute atomic E-state index is 13.4. The lowest BCUT2D eigenvalue weighted by Gasteiger charge is -2.38. The Bertz CT molecular complexity index is 1270. The van der Waals surface area contributed by atoms with Gasteiger partial charge in [-0.1, -0.05) is 54.1 Å². The molecule has 34 heavy (non-hydrogen) atoms. The van der Waals surface area contributed by atoms with Crippen molar-refractivity contribution >= 4 is 17.4 Å². The molecule has 0 N–H and O–H groups in total. The maximum atomic E-state index is 13.4. The average molecular weight is 452 g/mol.